The van der Waals surface area contributed by atoms with E-state index >= 15 is 0 Å². The van der Waals surface area contributed by atoms with E-state index in [1.54, 1.807) is 30.5 Å². The molecule has 11 nitrogen and oxygen atoms in total. The average Bonchev–Trinajstić information content (AvgIpc) is 3.39. The van der Waals surface area contributed by atoms with Crippen LogP contribution in [0.5, 0.6) is 0 Å². The molecule has 2 amide bonds. The Morgan fingerprint density at radius 2 is 1.90 bits per heavy atom. The summed E-state index contributed by atoms with van der Waals surface area (Å²) in [5.74, 6) is -1.18. The third-order valence-electron chi connectivity index (χ3n) is 4.15. The lowest BCUT2D eigenvalue weighted by Gasteiger charge is -2.05. The first-order valence-corrected chi connectivity index (χ1v) is 9.47. The molecular formula is C19H15ClN6O5. The van der Waals surface area contributed by atoms with Crippen molar-refractivity contribution in [2.75, 3.05) is 13.1 Å². The highest BCUT2D eigenvalue weighted by molar-refractivity contribution is 6.30. The van der Waals surface area contributed by atoms with E-state index in [0.29, 0.717) is 16.0 Å². The van der Waals surface area contributed by atoms with Crippen molar-refractivity contribution in [2.45, 2.75) is 6.54 Å². The minimum atomic E-state index is -0.739. The van der Waals surface area contributed by atoms with E-state index in [4.69, 9.17) is 20.5 Å². The molecule has 0 saturated carbocycles. The zero-order valence-corrected chi connectivity index (χ0v) is 16.6. The lowest BCUT2D eigenvalue weighted by molar-refractivity contribution is 0.0897. The van der Waals surface area contributed by atoms with Crippen LogP contribution in [0.4, 0.5) is 0 Å². The molecule has 2 N–H and O–H groups in total. The van der Waals surface area contributed by atoms with E-state index in [2.05, 4.69) is 25.9 Å². The Morgan fingerprint density at radius 3 is 2.68 bits per heavy atom. The Balaban J connectivity index is 1.28. The Morgan fingerprint density at radius 1 is 1.13 bits per heavy atom. The lowest BCUT2D eigenvalue weighted by atomic mass is 10.2. The molecule has 0 radical (unpaired) electrons. The minimum Gasteiger partial charge on any atom is -0.422 e. The van der Waals surface area contributed by atoms with Crippen LogP contribution in [0.2, 0.25) is 5.02 Å². The number of halogens is 1. The third kappa shape index (κ3) is 4.78. The fourth-order valence-electron chi connectivity index (χ4n) is 2.72. The molecule has 1 aromatic carbocycles. The minimum absolute atomic E-state index is 0.0730. The number of amides is 2. The second-order valence-corrected chi connectivity index (χ2v) is 6.81. The second-order valence-electron chi connectivity index (χ2n) is 6.37. The fraction of sp³-hybridized carbons (Fsp3) is 0.158. The third-order valence-corrected chi connectivity index (χ3v) is 4.34. The summed E-state index contributed by atoms with van der Waals surface area (Å²) in [6.07, 6.45) is 3.04. The van der Waals surface area contributed by atoms with Crippen molar-refractivity contribution < 1.29 is 18.5 Å². The fourth-order valence-corrected chi connectivity index (χ4v) is 2.88. The summed E-state index contributed by atoms with van der Waals surface area (Å²) in [6, 6.07) is 8.33. The van der Waals surface area contributed by atoms with Crippen LogP contribution < -0.4 is 16.3 Å². The lowest BCUT2D eigenvalue weighted by Crippen LogP contribution is -2.36. The van der Waals surface area contributed by atoms with E-state index in [0.717, 1.165) is 0 Å². The molecule has 0 saturated heterocycles. The standard InChI is InChI=1S/C19H15ClN6O5/c20-12-8-23-26(9-12)10-15-24-18(31-25-15)17(28)22-6-5-21-16(27)13-7-11-3-1-2-4-14(11)30-19(13)29/h1-4,7-9H,5-6,10H2,(H,21,27)(H,22,28). The van der Waals surface area contributed by atoms with Crippen LogP contribution in [0.1, 0.15) is 26.9 Å². The zero-order chi connectivity index (χ0) is 21.8. The Labute approximate surface area is 179 Å². The van der Waals surface area contributed by atoms with Crippen molar-refractivity contribution in [3.05, 3.63) is 75.4 Å². The Hall–Kier alpha value is -3.99. The maximum Gasteiger partial charge on any atom is 0.349 e. The van der Waals surface area contributed by atoms with Gasteiger partial charge in [0.2, 0.25) is 0 Å². The maximum atomic E-state index is 12.3. The van der Waals surface area contributed by atoms with Gasteiger partial charge in [0.1, 0.15) is 17.7 Å². The number of benzene rings is 1. The molecule has 3 heterocycles. The average molecular weight is 443 g/mol. The molecule has 0 unspecified atom stereocenters. The van der Waals surface area contributed by atoms with Crippen LogP contribution in [0.15, 0.2) is 56.5 Å². The molecule has 0 fully saturated rings. The van der Waals surface area contributed by atoms with Crippen LogP contribution in [0.25, 0.3) is 11.0 Å². The monoisotopic (exact) mass is 442 g/mol. The van der Waals surface area contributed by atoms with Crippen LogP contribution in [0.3, 0.4) is 0 Å². The largest absolute Gasteiger partial charge is 0.422 e. The van der Waals surface area contributed by atoms with Gasteiger partial charge in [0.15, 0.2) is 5.82 Å². The first-order chi connectivity index (χ1) is 15.0. The maximum absolute atomic E-state index is 12.3. The summed E-state index contributed by atoms with van der Waals surface area (Å²) in [4.78, 5) is 40.3. The van der Waals surface area contributed by atoms with Crippen LogP contribution in [0, 0.1) is 0 Å². The molecule has 0 bridgehead atoms. The van der Waals surface area contributed by atoms with Crippen LogP contribution in [-0.4, -0.2) is 44.8 Å². The van der Waals surface area contributed by atoms with Gasteiger partial charge in [-0.2, -0.15) is 10.1 Å². The molecule has 3 aromatic heterocycles. The molecule has 158 valence electrons. The Kier molecular flexibility index (Phi) is 5.76. The van der Waals surface area contributed by atoms with Crippen molar-refractivity contribution >= 4 is 34.4 Å². The highest BCUT2D eigenvalue weighted by Crippen LogP contribution is 2.12. The number of fused-ring (bicyclic) bond motifs is 1. The summed E-state index contributed by atoms with van der Waals surface area (Å²) in [5.41, 5.74) is -0.465. The second kappa shape index (κ2) is 8.79. The highest BCUT2D eigenvalue weighted by atomic mass is 35.5. The van der Waals surface area contributed by atoms with Gasteiger partial charge in [-0.1, -0.05) is 35.0 Å². The summed E-state index contributed by atoms with van der Waals surface area (Å²) in [5, 5.41) is 13.9. The quantitative estimate of drug-likeness (QED) is 0.321. The van der Waals surface area contributed by atoms with Crippen LogP contribution >= 0.6 is 11.6 Å². The van der Waals surface area contributed by atoms with E-state index in [-0.39, 0.29) is 36.9 Å². The number of nitrogens with zero attached hydrogens (tertiary/aromatic N) is 4. The van der Waals surface area contributed by atoms with Crippen molar-refractivity contribution in [3.8, 4) is 0 Å². The molecule has 0 spiro atoms. The predicted molar refractivity (Wildman–Crippen MR) is 108 cm³/mol. The van der Waals surface area contributed by atoms with Gasteiger partial charge >= 0.3 is 17.4 Å². The number of para-hydroxylation sites is 1. The summed E-state index contributed by atoms with van der Waals surface area (Å²) in [6.45, 7) is 0.341. The van der Waals surface area contributed by atoms with Gasteiger partial charge in [-0.05, 0) is 12.1 Å². The molecular weight excluding hydrogens is 428 g/mol. The number of hydrogen-bond acceptors (Lipinski definition) is 8. The summed E-state index contributed by atoms with van der Waals surface area (Å²) < 4.78 is 11.6. The molecule has 4 rings (SSSR count). The molecule has 12 heteroatoms. The van der Waals surface area contributed by atoms with Crippen LogP contribution in [-0.2, 0) is 6.54 Å². The van der Waals surface area contributed by atoms with E-state index in [1.807, 2.05) is 0 Å². The number of nitrogens with one attached hydrogen (secondary N) is 2. The van der Waals surface area contributed by atoms with Gasteiger partial charge in [-0.3, -0.25) is 14.3 Å². The van der Waals surface area contributed by atoms with E-state index < -0.39 is 17.4 Å². The molecule has 31 heavy (non-hydrogen) atoms. The van der Waals surface area contributed by atoms with Gasteiger partial charge in [0.25, 0.3) is 5.91 Å². The smallest absolute Gasteiger partial charge is 0.349 e. The SMILES string of the molecule is O=C(NCCNC(=O)c1cc2ccccc2oc1=O)c1nc(Cn2cc(Cl)cn2)no1. The number of carbonyl (C=O) groups excluding carboxylic acids is 2. The normalized spacial score (nSPS) is 10.9. The van der Waals surface area contributed by atoms with Crippen molar-refractivity contribution in [1.82, 2.24) is 30.6 Å². The molecule has 0 aliphatic rings. The van der Waals surface area contributed by atoms with E-state index in [9.17, 15) is 14.4 Å². The molecule has 0 aliphatic heterocycles. The molecule has 0 aliphatic carbocycles. The van der Waals surface area contributed by atoms with Gasteiger partial charge in [-0.25, -0.2) is 4.79 Å². The van der Waals surface area contributed by atoms with Gasteiger partial charge in [-0.15, -0.1) is 0 Å². The van der Waals surface area contributed by atoms with Crippen molar-refractivity contribution in [2.24, 2.45) is 0 Å². The molecule has 0 atom stereocenters. The number of carbonyl (C=O) groups is 2. The number of rotatable bonds is 7. The predicted octanol–water partition coefficient (Wildman–Crippen LogP) is 1.23. The van der Waals surface area contributed by atoms with Crippen molar-refractivity contribution in [3.63, 3.8) is 0 Å². The van der Waals surface area contributed by atoms with Gasteiger partial charge in [0, 0.05) is 24.7 Å². The first-order valence-electron chi connectivity index (χ1n) is 9.09. The number of aromatic nitrogens is 4. The highest BCUT2D eigenvalue weighted by Gasteiger charge is 2.16. The van der Waals surface area contributed by atoms with Gasteiger partial charge < -0.3 is 19.6 Å². The summed E-state index contributed by atoms with van der Waals surface area (Å²) >= 11 is 5.78. The number of hydrogen-bond donors (Lipinski definition) is 2. The topological polar surface area (TPSA) is 145 Å². The Bertz CT molecular complexity index is 1310. The van der Waals surface area contributed by atoms with E-state index in [1.165, 1.54) is 16.9 Å². The summed E-state index contributed by atoms with van der Waals surface area (Å²) in [7, 11) is 0. The first kappa shape index (κ1) is 20.3. The van der Waals surface area contributed by atoms with Gasteiger partial charge in [0.05, 0.1) is 11.2 Å². The molecule has 4 aromatic rings. The zero-order valence-electron chi connectivity index (χ0n) is 15.9. The van der Waals surface area contributed by atoms with Crippen molar-refractivity contribution in [1.29, 1.82) is 0 Å².